The summed E-state index contributed by atoms with van der Waals surface area (Å²) in [5.41, 5.74) is 0.173. The number of halogens is 2. The highest BCUT2D eigenvalue weighted by Crippen LogP contribution is 2.22. The van der Waals surface area contributed by atoms with Gasteiger partial charge in [0.2, 0.25) is 0 Å². The zero-order chi connectivity index (χ0) is 15.4. The van der Waals surface area contributed by atoms with Crippen LogP contribution in [0.5, 0.6) is 0 Å². The molecule has 1 aliphatic heterocycles. The number of hydrogen-bond donors (Lipinski definition) is 0. The number of ether oxygens (including phenoxy) is 1. The number of alkyl halides is 2. The maximum absolute atomic E-state index is 12.5. The highest BCUT2D eigenvalue weighted by molar-refractivity contribution is 5.96. The fourth-order valence-corrected chi connectivity index (χ4v) is 2.56. The molecule has 0 saturated carbocycles. The van der Waals surface area contributed by atoms with Gasteiger partial charge < -0.3 is 14.2 Å². The average molecular weight is 300 g/mol. The lowest BCUT2D eigenvalue weighted by atomic mass is 10.2. The third-order valence-corrected chi connectivity index (χ3v) is 3.46. The molecule has 1 atom stereocenters. The first-order valence-electron chi connectivity index (χ1n) is 6.95. The summed E-state index contributed by atoms with van der Waals surface area (Å²) < 4.78 is 31.2. The summed E-state index contributed by atoms with van der Waals surface area (Å²) >= 11 is 0. The van der Waals surface area contributed by atoms with E-state index in [9.17, 15) is 18.4 Å². The number of aromatic nitrogens is 1. The molecule has 1 aromatic heterocycles. The first kappa shape index (κ1) is 15.5. The molecule has 0 spiro atoms. The largest absolute Gasteiger partial charge is 0.464 e. The highest BCUT2D eigenvalue weighted by atomic mass is 19.3. The molecule has 0 aliphatic carbocycles. The van der Waals surface area contributed by atoms with Gasteiger partial charge in [-0.1, -0.05) is 0 Å². The van der Waals surface area contributed by atoms with Crippen molar-refractivity contribution in [1.82, 2.24) is 9.47 Å². The van der Waals surface area contributed by atoms with Crippen LogP contribution in [-0.4, -0.2) is 47.0 Å². The Bertz CT molecular complexity index is 516. The van der Waals surface area contributed by atoms with Gasteiger partial charge in [0.25, 0.3) is 12.3 Å². The smallest absolute Gasteiger partial charge is 0.328 e. The molecule has 1 amide bonds. The summed E-state index contributed by atoms with van der Waals surface area (Å²) in [6.07, 6.45) is 0.142. The van der Waals surface area contributed by atoms with E-state index in [1.165, 1.54) is 21.7 Å². The topological polar surface area (TPSA) is 51.5 Å². The van der Waals surface area contributed by atoms with E-state index in [0.717, 1.165) is 0 Å². The standard InChI is InChI=1S/C14H18F2N2O3/c1-2-21-14(20)11-6-4-8-18(11)13(19)10-5-3-7-17(10)9-12(15)16/h3,5,7,11-12H,2,4,6,8-9H2,1H3. The van der Waals surface area contributed by atoms with Crippen LogP contribution < -0.4 is 0 Å². The first-order chi connectivity index (χ1) is 10.0. The quantitative estimate of drug-likeness (QED) is 0.781. The van der Waals surface area contributed by atoms with Gasteiger partial charge in [-0.25, -0.2) is 13.6 Å². The van der Waals surface area contributed by atoms with Crippen molar-refractivity contribution in [2.45, 2.75) is 38.8 Å². The minimum Gasteiger partial charge on any atom is -0.464 e. The van der Waals surface area contributed by atoms with Crippen molar-refractivity contribution in [3.63, 3.8) is 0 Å². The fourth-order valence-electron chi connectivity index (χ4n) is 2.56. The van der Waals surface area contributed by atoms with Crippen molar-refractivity contribution < 1.29 is 23.1 Å². The second kappa shape index (κ2) is 6.69. The number of likely N-dealkylation sites (tertiary alicyclic amines) is 1. The molecule has 1 aliphatic rings. The monoisotopic (exact) mass is 300 g/mol. The van der Waals surface area contributed by atoms with E-state index >= 15 is 0 Å². The molecular formula is C14H18F2N2O3. The molecule has 0 aromatic carbocycles. The number of nitrogens with zero attached hydrogens (tertiary/aromatic N) is 2. The van der Waals surface area contributed by atoms with E-state index < -0.39 is 30.9 Å². The minimum atomic E-state index is -2.54. The Morgan fingerprint density at radius 3 is 2.90 bits per heavy atom. The number of esters is 1. The van der Waals surface area contributed by atoms with Gasteiger partial charge in [-0.2, -0.15) is 0 Å². The molecule has 116 valence electrons. The molecule has 2 rings (SSSR count). The van der Waals surface area contributed by atoms with Gasteiger partial charge in [0.05, 0.1) is 13.2 Å². The van der Waals surface area contributed by atoms with Crippen molar-refractivity contribution >= 4 is 11.9 Å². The van der Waals surface area contributed by atoms with Gasteiger partial charge in [0.15, 0.2) is 0 Å². The van der Waals surface area contributed by atoms with Gasteiger partial charge >= 0.3 is 5.97 Å². The summed E-state index contributed by atoms with van der Waals surface area (Å²) in [6.45, 7) is 1.85. The number of carbonyl (C=O) groups excluding carboxylic acids is 2. The van der Waals surface area contributed by atoms with Crippen molar-refractivity contribution in [1.29, 1.82) is 0 Å². The fraction of sp³-hybridized carbons (Fsp3) is 0.571. The van der Waals surface area contributed by atoms with Crippen LogP contribution >= 0.6 is 0 Å². The molecule has 2 heterocycles. The Hall–Kier alpha value is -1.92. The Labute approximate surface area is 121 Å². The summed E-state index contributed by atoms with van der Waals surface area (Å²) in [7, 11) is 0. The zero-order valence-corrected chi connectivity index (χ0v) is 11.8. The second-order valence-corrected chi connectivity index (χ2v) is 4.85. The third kappa shape index (κ3) is 3.40. The molecule has 1 saturated heterocycles. The predicted molar refractivity (Wildman–Crippen MR) is 71.1 cm³/mol. The van der Waals surface area contributed by atoms with Crippen LogP contribution in [-0.2, 0) is 16.1 Å². The van der Waals surface area contributed by atoms with Crippen LogP contribution in [0.2, 0.25) is 0 Å². The van der Waals surface area contributed by atoms with E-state index in [4.69, 9.17) is 4.74 Å². The average Bonchev–Trinajstić information content (AvgIpc) is 3.06. The Morgan fingerprint density at radius 2 is 2.24 bits per heavy atom. The van der Waals surface area contributed by atoms with Gasteiger partial charge in [-0.05, 0) is 31.9 Å². The van der Waals surface area contributed by atoms with E-state index in [1.54, 1.807) is 13.0 Å². The molecule has 0 radical (unpaired) electrons. The number of rotatable bonds is 5. The number of carbonyl (C=O) groups is 2. The number of amides is 1. The van der Waals surface area contributed by atoms with Crippen LogP contribution in [0.3, 0.4) is 0 Å². The lowest BCUT2D eigenvalue weighted by molar-refractivity contribution is -0.147. The van der Waals surface area contributed by atoms with Crippen LogP contribution in [0.25, 0.3) is 0 Å². The van der Waals surface area contributed by atoms with E-state index in [0.29, 0.717) is 19.4 Å². The van der Waals surface area contributed by atoms with Crippen LogP contribution in [0.4, 0.5) is 8.78 Å². The van der Waals surface area contributed by atoms with Crippen LogP contribution in [0.1, 0.15) is 30.3 Å². The Kier molecular flexibility index (Phi) is 4.93. The van der Waals surface area contributed by atoms with Crippen molar-refractivity contribution in [3.05, 3.63) is 24.0 Å². The van der Waals surface area contributed by atoms with Crippen LogP contribution in [0, 0.1) is 0 Å². The predicted octanol–water partition coefficient (Wildman–Crippen LogP) is 1.92. The van der Waals surface area contributed by atoms with Crippen molar-refractivity contribution in [2.24, 2.45) is 0 Å². The molecule has 0 N–H and O–H groups in total. The SMILES string of the molecule is CCOC(=O)C1CCCN1C(=O)c1cccn1CC(F)F. The summed E-state index contributed by atoms with van der Waals surface area (Å²) in [5.74, 6) is -0.841. The van der Waals surface area contributed by atoms with Crippen LogP contribution in [0.15, 0.2) is 18.3 Å². The zero-order valence-electron chi connectivity index (χ0n) is 11.8. The van der Waals surface area contributed by atoms with E-state index in [-0.39, 0.29) is 12.3 Å². The van der Waals surface area contributed by atoms with E-state index in [1.807, 2.05) is 0 Å². The minimum absolute atomic E-state index is 0.173. The molecule has 21 heavy (non-hydrogen) atoms. The second-order valence-electron chi connectivity index (χ2n) is 4.85. The molecule has 7 heteroatoms. The molecule has 0 bridgehead atoms. The maximum atomic E-state index is 12.5. The van der Waals surface area contributed by atoms with Crippen molar-refractivity contribution in [2.75, 3.05) is 13.2 Å². The summed E-state index contributed by atoms with van der Waals surface area (Å²) in [4.78, 5) is 25.7. The lowest BCUT2D eigenvalue weighted by Gasteiger charge is -2.23. The van der Waals surface area contributed by atoms with Gasteiger partial charge in [0, 0.05) is 12.7 Å². The molecule has 5 nitrogen and oxygen atoms in total. The summed E-state index contributed by atoms with van der Waals surface area (Å²) in [6, 6.07) is 2.42. The summed E-state index contributed by atoms with van der Waals surface area (Å²) in [5, 5.41) is 0. The maximum Gasteiger partial charge on any atom is 0.328 e. The molecule has 1 fully saturated rings. The first-order valence-corrected chi connectivity index (χ1v) is 6.95. The Morgan fingerprint density at radius 1 is 1.48 bits per heavy atom. The third-order valence-electron chi connectivity index (χ3n) is 3.46. The molecular weight excluding hydrogens is 282 g/mol. The highest BCUT2D eigenvalue weighted by Gasteiger charge is 2.36. The molecule has 1 unspecified atom stereocenters. The van der Waals surface area contributed by atoms with Gasteiger partial charge in [-0.15, -0.1) is 0 Å². The van der Waals surface area contributed by atoms with E-state index in [2.05, 4.69) is 0 Å². The van der Waals surface area contributed by atoms with Crippen molar-refractivity contribution in [3.8, 4) is 0 Å². The number of hydrogen-bond acceptors (Lipinski definition) is 3. The Balaban J connectivity index is 2.15. The normalized spacial score (nSPS) is 18.3. The molecule has 1 aromatic rings. The lowest BCUT2D eigenvalue weighted by Crippen LogP contribution is -2.42. The van der Waals surface area contributed by atoms with Gasteiger partial charge in [-0.3, -0.25) is 4.79 Å². The van der Waals surface area contributed by atoms with Gasteiger partial charge in [0.1, 0.15) is 11.7 Å².